The molecule has 0 spiro atoms. The highest BCUT2D eigenvalue weighted by Crippen LogP contribution is 2.23. The molecule has 0 saturated heterocycles. The van der Waals surface area contributed by atoms with E-state index in [1.54, 1.807) is 29.6 Å². The number of carboxylic acids is 1. The summed E-state index contributed by atoms with van der Waals surface area (Å²) in [5.41, 5.74) is 2.09. The lowest BCUT2D eigenvalue weighted by molar-refractivity contribution is 0.0696. The van der Waals surface area contributed by atoms with Crippen LogP contribution in [0.4, 0.5) is 0 Å². The van der Waals surface area contributed by atoms with Crippen molar-refractivity contribution in [1.82, 2.24) is 25.3 Å². The van der Waals surface area contributed by atoms with Gasteiger partial charge in [-0.1, -0.05) is 11.3 Å². The molecule has 2 heterocycles. The predicted molar refractivity (Wildman–Crippen MR) is 115 cm³/mol. The highest BCUT2D eigenvalue weighted by atomic mass is 32.2. The third kappa shape index (κ3) is 6.90. The predicted octanol–water partition coefficient (Wildman–Crippen LogP) is 2.63. The minimum absolute atomic E-state index is 0.0841. The van der Waals surface area contributed by atoms with E-state index in [-0.39, 0.29) is 18.0 Å². The Balaban J connectivity index is 1.53. The number of thioether (sulfide) groups is 1. The van der Waals surface area contributed by atoms with Crippen molar-refractivity contribution >= 4 is 23.6 Å². The van der Waals surface area contributed by atoms with Crippen molar-refractivity contribution in [1.29, 1.82) is 0 Å². The van der Waals surface area contributed by atoms with Crippen molar-refractivity contribution in [3.8, 4) is 0 Å². The standard InChI is InChI=1S/C21H23N5O4S/c1-30-7-3-6-26-13-18(24-25-26)14-31-19-5-2-4-16(9-19)20(27)23-11-15-8-17(21(28)29)12-22-10-15/h2,4-5,8-10,12-13H,3,6-7,11,14H2,1H3,(H,23,27)(H,28,29). The van der Waals surface area contributed by atoms with Gasteiger partial charge in [0.05, 0.1) is 11.3 Å². The summed E-state index contributed by atoms with van der Waals surface area (Å²) < 4.78 is 6.84. The molecule has 3 rings (SSSR count). The summed E-state index contributed by atoms with van der Waals surface area (Å²) in [7, 11) is 1.67. The smallest absolute Gasteiger partial charge is 0.337 e. The molecule has 1 aromatic carbocycles. The lowest BCUT2D eigenvalue weighted by Crippen LogP contribution is -2.23. The SMILES string of the molecule is COCCCn1cc(CSc2cccc(C(=O)NCc3cncc(C(=O)O)c3)c2)nn1. The molecule has 2 N–H and O–H groups in total. The summed E-state index contributed by atoms with van der Waals surface area (Å²) in [5.74, 6) is -0.657. The van der Waals surface area contributed by atoms with E-state index in [1.165, 1.54) is 18.5 Å². The molecule has 3 aromatic rings. The zero-order valence-electron chi connectivity index (χ0n) is 17.0. The minimum atomic E-state index is -1.06. The number of carbonyl (C=O) groups excluding carboxylic acids is 1. The Morgan fingerprint density at radius 3 is 2.90 bits per heavy atom. The first-order valence-corrected chi connectivity index (χ1v) is 10.6. The first-order chi connectivity index (χ1) is 15.0. The van der Waals surface area contributed by atoms with Gasteiger partial charge in [-0.25, -0.2) is 4.79 Å². The van der Waals surface area contributed by atoms with Crippen LogP contribution in [0.2, 0.25) is 0 Å². The van der Waals surface area contributed by atoms with Crippen LogP contribution in [0.25, 0.3) is 0 Å². The molecule has 9 nitrogen and oxygen atoms in total. The van der Waals surface area contributed by atoms with Gasteiger partial charge in [-0.3, -0.25) is 14.5 Å². The molecule has 0 aliphatic heterocycles. The second-order valence-corrected chi connectivity index (χ2v) is 7.75. The minimum Gasteiger partial charge on any atom is -0.478 e. The molecule has 162 valence electrons. The molecule has 2 aromatic heterocycles. The zero-order valence-corrected chi connectivity index (χ0v) is 17.8. The van der Waals surface area contributed by atoms with E-state index in [0.29, 0.717) is 23.5 Å². The third-order valence-electron chi connectivity index (χ3n) is 4.30. The van der Waals surface area contributed by atoms with Crippen LogP contribution in [0, 0.1) is 0 Å². The van der Waals surface area contributed by atoms with Crippen LogP contribution >= 0.6 is 11.8 Å². The molecule has 0 unspecified atom stereocenters. The Kier molecular flexibility index (Phi) is 8.13. The maximum atomic E-state index is 12.5. The molecular weight excluding hydrogens is 418 g/mol. The molecule has 0 aliphatic carbocycles. The normalized spacial score (nSPS) is 10.7. The van der Waals surface area contributed by atoms with Crippen LogP contribution in [0.15, 0.2) is 53.8 Å². The second-order valence-electron chi connectivity index (χ2n) is 6.71. The number of ether oxygens (including phenoxy) is 1. The van der Waals surface area contributed by atoms with Crippen molar-refractivity contribution < 1.29 is 19.4 Å². The number of rotatable bonds is 11. The summed E-state index contributed by atoms with van der Waals surface area (Å²) in [6, 6.07) is 8.80. The van der Waals surface area contributed by atoms with Crippen LogP contribution in [-0.4, -0.2) is 50.7 Å². The van der Waals surface area contributed by atoms with E-state index in [2.05, 4.69) is 20.6 Å². The average Bonchev–Trinajstić information content (AvgIpc) is 3.24. The lowest BCUT2D eigenvalue weighted by atomic mass is 10.2. The molecule has 0 aliphatic rings. The lowest BCUT2D eigenvalue weighted by Gasteiger charge is -2.07. The number of carboxylic acid groups (broad SMARTS) is 1. The largest absolute Gasteiger partial charge is 0.478 e. The summed E-state index contributed by atoms with van der Waals surface area (Å²) >= 11 is 1.57. The molecule has 0 bridgehead atoms. The number of benzene rings is 1. The third-order valence-corrected chi connectivity index (χ3v) is 5.33. The highest BCUT2D eigenvalue weighted by Gasteiger charge is 2.09. The first-order valence-electron chi connectivity index (χ1n) is 9.61. The number of methoxy groups -OCH3 is 1. The van der Waals surface area contributed by atoms with E-state index in [4.69, 9.17) is 9.84 Å². The van der Waals surface area contributed by atoms with Crippen LogP contribution in [0.1, 0.15) is 38.4 Å². The quantitative estimate of drug-likeness (QED) is 0.344. The molecule has 31 heavy (non-hydrogen) atoms. The van der Waals surface area contributed by atoms with Crippen LogP contribution in [-0.2, 0) is 23.6 Å². The Bertz CT molecular complexity index is 1040. The molecule has 0 atom stereocenters. The van der Waals surface area contributed by atoms with Crippen molar-refractivity contribution in [2.45, 2.75) is 30.2 Å². The first kappa shape index (κ1) is 22.4. The topological polar surface area (TPSA) is 119 Å². The van der Waals surface area contributed by atoms with E-state index >= 15 is 0 Å². The van der Waals surface area contributed by atoms with Gasteiger partial charge in [0.1, 0.15) is 0 Å². The van der Waals surface area contributed by atoms with Gasteiger partial charge in [-0.05, 0) is 36.2 Å². The molecular formula is C21H23N5O4S. The fourth-order valence-electron chi connectivity index (χ4n) is 2.75. The van der Waals surface area contributed by atoms with E-state index < -0.39 is 5.97 Å². The monoisotopic (exact) mass is 441 g/mol. The Hall–Kier alpha value is -3.24. The fourth-order valence-corrected chi connectivity index (χ4v) is 3.59. The van der Waals surface area contributed by atoms with E-state index in [0.717, 1.165) is 23.6 Å². The van der Waals surface area contributed by atoms with Gasteiger partial charge >= 0.3 is 5.97 Å². The van der Waals surface area contributed by atoms with Crippen LogP contribution < -0.4 is 5.32 Å². The molecule has 10 heteroatoms. The average molecular weight is 442 g/mol. The van der Waals surface area contributed by atoms with E-state index in [9.17, 15) is 9.59 Å². The fraction of sp³-hybridized carbons (Fsp3) is 0.286. The zero-order chi connectivity index (χ0) is 22.1. The summed E-state index contributed by atoms with van der Waals surface area (Å²) in [6.07, 6.45) is 5.59. The van der Waals surface area contributed by atoms with Gasteiger partial charge in [0.15, 0.2) is 0 Å². The van der Waals surface area contributed by atoms with Gasteiger partial charge in [0.25, 0.3) is 5.91 Å². The second kappa shape index (κ2) is 11.2. The van der Waals surface area contributed by atoms with Crippen LogP contribution in [0.3, 0.4) is 0 Å². The summed E-state index contributed by atoms with van der Waals surface area (Å²) in [5, 5.41) is 20.1. The summed E-state index contributed by atoms with van der Waals surface area (Å²) in [6.45, 7) is 1.63. The van der Waals surface area contributed by atoms with Gasteiger partial charge in [-0.2, -0.15) is 0 Å². The van der Waals surface area contributed by atoms with Crippen LogP contribution in [0.5, 0.6) is 0 Å². The molecule has 0 radical (unpaired) electrons. The maximum absolute atomic E-state index is 12.5. The number of pyridine rings is 1. The Morgan fingerprint density at radius 1 is 1.23 bits per heavy atom. The molecule has 1 amide bonds. The molecule has 0 saturated carbocycles. The van der Waals surface area contributed by atoms with Crippen molar-refractivity contribution in [3.63, 3.8) is 0 Å². The van der Waals surface area contributed by atoms with Gasteiger partial charge in [0, 0.05) is 61.6 Å². The number of nitrogens with zero attached hydrogens (tertiary/aromatic N) is 4. The number of carbonyl (C=O) groups is 2. The summed E-state index contributed by atoms with van der Waals surface area (Å²) in [4.78, 5) is 28.4. The van der Waals surface area contributed by atoms with Gasteiger partial charge in [0.2, 0.25) is 0 Å². The van der Waals surface area contributed by atoms with Crippen molar-refractivity contribution in [2.75, 3.05) is 13.7 Å². The number of hydrogen-bond acceptors (Lipinski definition) is 7. The maximum Gasteiger partial charge on any atom is 0.337 e. The number of aromatic nitrogens is 4. The van der Waals surface area contributed by atoms with Gasteiger partial charge < -0.3 is 15.2 Å². The Labute approximate surface area is 183 Å². The van der Waals surface area contributed by atoms with Crippen molar-refractivity contribution in [3.05, 3.63) is 71.3 Å². The number of aryl methyl sites for hydroxylation is 1. The molecule has 0 fully saturated rings. The number of amides is 1. The Morgan fingerprint density at radius 2 is 2.10 bits per heavy atom. The number of nitrogens with one attached hydrogen (secondary N) is 1. The number of aromatic carboxylic acids is 1. The van der Waals surface area contributed by atoms with E-state index in [1.807, 2.05) is 24.4 Å². The van der Waals surface area contributed by atoms with Gasteiger partial charge in [-0.15, -0.1) is 16.9 Å². The number of hydrogen-bond donors (Lipinski definition) is 2. The van der Waals surface area contributed by atoms with Crippen molar-refractivity contribution in [2.24, 2.45) is 0 Å². The highest BCUT2D eigenvalue weighted by molar-refractivity contribution is 7.98.